The van der Waals surface area contributed by atoms with Gasteiger partial charge in [0.2, 0.25) is 0 Å². The minimum Gasteiger partial charge on any atom is -0.351 e. The van der Waals surface area contributed by atoms with E-state index in [1.165, 1.54) is 0 Å². The molecule has 3 aliphatic heterocycles. The summed E-state index contributed by atoms with van der Waals surface area (Å²) < 4.78 is 0. The summed E-state index contributed by atoms with van der Waals surface area (Å²) in [6.45, 7) is 6.31. The number of piperazine rings is 1. The molecule has 1 N–H and O–H groups in total. The Bertz CT molecular complexity index is 1420. The highest BCUT2D eigenvalue weighted by atomic mass is 16.2. The van der Waals surface area contributed by atoms with Crippen molar-refractivity contribution in [1.82, 2.24) is 20.0 Å². The van der Waals surface area contributed by atoms with Gasteiger partial charge in [-0.05, 0) is 49.0 Å². The molecule has 194 valence electrons. The fraction of sp³-hybridized carbons (Fsp3) is 0.290. The van der Waals surface area contributed by atoms with Gasteiger partial charge in [-0.3, -0.25) is 14.5 Å². The van der Waals surface area contributed by atoms with E-state index in [2.05, 4.69) is 57.4 Å². The van der Waals surface area contributed by atoms with Crippen LogP contribution < -0.4 is 10.2 Å². The van der Waals surface area contributed by atoms with Crippen LogP contribution in [-0.4, -0.2) is 79.9 Å². The van der Waals surface area contributed by atoms with Gasteiger partial charge in [-0.25, -0.2) is 0 Å². The summed E-state index contributed by atoms with van der Waals surface area (Å²) >= 11 is 0. The summed E-state index contributed by atoms with van der Waals surface area (Å²) in [7, 11) is 3.98. The maximum Gasteiger partial charge on any atom is 0.258 e. The number of carbonyl (C=O) groups excluding carboxylic acids is 2. The molecule has 0 aromatic heterocycles. The van der Waals surface area contributed by atoms with E-state index in [0.717, 1.165) is 72.0 Å². The lowest BCUT2D eigenvalue weighted by molar-refractivity contribution is 0.0874. The number of nitrogens with zero attached hydrogens (tertiary/aromatic N) is 4. The highest BCUT2D eigenvalue weighted by molar-refractivity contribution is 6.15. The number of fused-ring (bicyclic) bond motifs is 1. The lowest BCUT2D eigenvalue weighted by atomic mass is 10.0. The van der Waals surface area contributed by atoms with Crippen LogP contribution in [0.3, 0.4) is 0 Å². The zero-order chi connectivity index (χ0) is 26.2. The number of amides is 2. The van der Waals surface area contributed by atoms with E-state index in [9.17, 15) is 9.59 Å². The molecule has 0 radical (unpaired) electrons. The Morgan fingerprint density at radius 3 is 2.50 bits per heavy atom. The average molecular weight is 508 g/mol. The van der Waals surface area contributed by atoms with Crippen LogP contribution in [0.15, 0.2) is 66.7 Å². The second kappa shape index (κ2) is 10.1. The Morgan fingerprint density at radius 2 is 1.66 bits per heavy atom. The van der Waals surface area contributed by atoms with Crippen molar-refractivity contribution in [3.05, 3.63) is 94.5 Å². The van der Waals surface area contributed by atoms with Gasteiger partial charge in [0.15, 0.2) is 0 Å². The van der Waals surface area contributed by atoms with Crippen molar-refractivity contribution >= 4 is 35.0 Å². The van der Waals surface area contributed by atoms with Crippen LogP contribution in [0.25, 0.3) is 11.8 Å². The van der Waals surface area contributed by atoms with E-state index in [-0.39, 0.29) is 11.8 Å². The number of hydrogen-bond acceptors (Lipinski definition) is 5. The number of hydrogen-bond donors (Lipinski definition) is 1. The zero-order valence-corrected chi connectivity index (χ0v) is 22.0. The van der Waals surface area contributed by atoms with Gasteiger partial charge in [0, 0.05) is 75.2 Å². The molecule has 3 aromatic rings. The van der Waals surface area contributed by atoms with Crippen LogP contribution in [0, 0.1) is 0 Å². The average Bonchev–Trinajstić information content (AvgIpc) is 3.09. The fourth-order valence-corrected chi connectivity index (χ4v) is 5.64. The second-order valence-corrected chi connectivity index (χ2v) is 10.3. The topological polar surface area (TPSA) is 59.1 Å². The molecule has 0 atom stereocenters. The number of anilines is 2. The molecule has 1 saturated heterocycles. The van der Waals surface area contributed by atoms with Crippen molar-refractivity contribution < 1.29 is 9.59 Å². The molecule has 0 unspecified atom stereocenters. The highest BCUT2D eigenvalue weighted by Crippen LogP contribution is 2.46. The summed E-state index contributed by atoms with van der Waals surface area (Å²) in [5.41, 5.74) is 7.44. The van der Waals surface area contributed by atoms with Crippen LogP contribution in [0.2, 0.25) is 0 Å². The van der Waals surface area contributed by atoms with Gasteiger partial charge >= 0.3 is 0 Å². The van der Waals surface area contributed by atoms with E-state index < -0.39 is 0 Å². The fourth-order valence-electron chi connectivity index (χ4n) is 5.64. The predicted octanol–water partition coefficient (Wildman–Crippen LogP) is 3.90. The molecule has 0 spiro atoms. The third-order valence-electron chi connectivity index (χ3n) is 7.84. The first-order valence-electron chi connectivity index (χ1n) is 13.3. The Labute approximate surface area is 223 Å². The van der Waals surface area contributed by atoms with E-state index in [1.807, 2.05) is 49.5 Å². The minimum absolute atomic E-state index is 0.0164. The van der Waals surface area contributed by atoms with Crippen molar-refractivity contribution in [2.24, 2.45) is 0 Å². The summed E-state index contributed by atoms with van der Waals surface area (Å²) in [5.74, 6) is -0.0308. The van der Waals surface area contributed by atoms with E-state index in [4.69, 9.17) is 0 Å². The Hall–Kier alpha value is -3.94. The van der Waals surface area contributed by atoms with E-state index in [0.29, 0.717) is 18.7 Å². The molecule has 1 fully saturated rings. The molecule has 38 heavy (non-hydrogen) atoms. The number of carbonyl (C=O) groups is 2. The monoisotopic (exact) mass is 507 g/mol. The van der Waals surface area contributed by atoms with Crippen molar-refractivity contribution in [2.75, 3.05) is 58.3 Å². The first-order valence-corrected chi connectivity index (χ1v) is 13.3. The van der Waals surface area contributed by atoms with E-state index >= 15 is 0 Å². The number of rotatable bonds is 6. The molecule has 3 heterocycles. The molecule has 3 aromatic carbocycles. The Balaban J connectivity index is 1.24. The summed E-state index contributed by atoms with van der Waals surface area (Å²) in [6.07, 6.45) is 2.10. The zero-order valence-electron chi connectivity index (χ0n) is 22.0. The van der Waals surface area contributed by atoms with E-state index in [1.54, 1.807) is 4.90 Å². The number of nitrogens with one attached hydrogen (secondary N) is 1. The van der Waals surface area contributed by atoms with Crippen molar-refractivity contribution in [2.45, 2.75) is 6.54 Å². The van der Waals surface area contributed by atoms with Gasteiger partial charge < -0.3 is 20.0 Å². The molecule has 3 aliphatic rings. The van der Waals surface area contributed by atoms with Gasteiger partial charge in [-0.1, -0.05) is 36.4 Å². The van der Waals surface area contributed by atoms with Gasteiger partial charge in [-0.15, -0.1) is 0 Å². The molecule has 0 aliphatic carbocycles. The van der Waals surface area contributed by atoms with Crippen LogP contribution in [0.1, 0.15) is 37.4 Å². The molecule has 7 nitrogen and oxygen atoms in total. The van der Waals surface area contributed by atoms with Crippen molar-refractivity contribution in [1.29, 1.82) is 0 Å². The van der Waals surface area contributed by atoms with Gasteiger partial charge in [0.05, 0.1) is 16.9 Å². The van der Waals surface area contributed by atoms with Gasteiger partial charge in [0.25, 0.3) is 11.8 Å². The molecule has 0 saturated carbocycles. The SMILES string of the molecule is CN1CCN(CCNC(=O)c2cccc(CN3c4ccccc4C=C4c5c(cccc53)C(=O)N4C)c2)CC1. The molecule has 2 amide bonds. The van der Waals surface area contributed by atoms with Gasteiger partial charge in [-0.2, -0.15) is 0 Å². The number of para-hydroxylation sites is 1. The number of likely N-dealkylation sites (N-methyl/N-ethyl adjacent to an activating group) is 1. The normalized spacial score (nSPS) is 17.1. The molecule has 0 bridgehead atoms. The standard InChI is InChI=1S/C31H33N5O2/c1-33-15-17-35(18-16-33)14-13-32-30(37)24-9-5-7-22(19-24)21-36-26-11-4-3-8-23(26)20-28-29-25(31(38)34(28)2)10-6-12-27(29)36/h3-12,19-20H,13-18,21H2,1-2H3,(H,32,37). The minimum atomic E-state index is -0.0472. The molecular weight excluding hydrogens is 474 g/mol. The molecule has 6 rings (SSSR count). The lowest BCUT2D eigenvalue weighted by Gasteiger charge is -2.32. The van der Waals surface area contributed by atoms with Crippen LogP contribution >= 0.6 is 0 Å². The highest BCUT2D eigenvalue weighted by Gasteiger charge is 2.35. The Kier molecular flexibility index (Phi) is 6.47. The third kappa shape index (κ3) is 4.48. The first kappa shape index (κ1) is 24.4. The Morgan fingerprint density at radius 1 is 0.895 bits per heavy atom. The van der Waals surface area contributed by atoms with Crippen molar-refractivity contribution in [3.8, 4) is 0 Å². The largest absolute Gasteiger partial charge is 0.351 e. The summed E-state index contributed by atoms with van der Waals surface area (Å²) in [5, 5.41) is 3.10. The lowest BCUT2D eigenvalue weighted by Crippen LogP contribution is -2.46. The maximum absolute atomic E-state index is 13.0. The van der Waals surface area contributed by atoms with Crippen LogP contribution in [0.4, 0.5) is 11.4 Å². The van der Waals surface area contributed by atoms with Crippen LogP contribution in [-0.2, 0) is 6.54 Å². The molecule has 7 heteroatoms. The second-order valence-electron chi connectivity index (χ2n) is 10.3. The van der Waals surface area contributed by atoms with Gasteiger partial charge in [0.1, 0.15) is 0 Å². The summed E-state index contributed by atoms with van der Waals surface area (Å²) in [6, 6.07) is 22.1. The number of benzene rings is 3. The summed E-state index contributed by atoms with van der Waals surface area (Å²) in [4.78, 5) is 34.7. The van der Waals surface area contributed by atoms with Crippen LogP contribution in [0.5, 0.6) is 0 Å². The first-order chi connectivity index (χ1) is 18.5. The third-order valence-corrected chi connectivity index (χ3v) is 7.84. The predicted molar refractivity (Wildman–Crippen MR) is 151 cm³/mol. The smallest absolute Gasteiger partial charge is 0.258 e. The maximum atomic E-state index is 13.0. The molecular formula is C31H33N5O2. The quantitative estimate of drug-likeness (QED) is 0.549. The van der Waals surface area contributed by atoms with Crippen molar-refractivity contribution in [3.63, 3.8) is 0 Å².